The van der Waals surface area contributed by atoms with Crippen LogP contribution in [0, 0.1) is 17.8 Å². The summed E-state index contributed by atoms with van der Waals surface area (Å²) in [6.45, 7) is 1.83. The van der Waals surface area contributed by atoms with Gasteiger partial charge in [-0.15, -0.1) is 0 Å². The Morgan fingerprint density at radius 1 is 1.06 bits per heavy atom. The number of hydrogen-bond donors (Lipinski definition) is 4. The first-order chi connectivity index (χ1) is 16.9. The predicted molar refractivity (Wildman–Crippen MR) is 133 cm³/mol. The standard InChI is InChI=1S/C28H36N4O3/c29-26(33)20-6-4-18(5-7-20)19-8-10-32(11-9-19)24-3-1-2-23(30-24)27(34)31-25-21-12-17-13-22(25)16-28(35,14-17)15-21/h1-7,17,19,21-23,25,30,35H,8-16H2,(H2,29,33)(H,31,34). The predicted octanol–water partition coefficient (Wildman–Crippen LogP) is 2.39. The molecular formula is C28H36N4O3. The maximum Gasteiger partial charge on any atom is 0.248 e. The van der Waals surface area contributed by atoms with Crippen molar-refractivity contribution in [2.75, 3.05) is 13.1 Å². The Morgan fingerprint density at radius 2 is 1.74 bits per heavy atom. The number of nitrogens with two attached hydrogens (primary N) is 1. The molecule has 0 radical (unpaired) electrons. The van der Waals surface area contributed by atoms with Gasteiger partial charge in [0.15, 0.2) is 0 Å². The molecule has 3 unspecified atom stereocenters. The van der Waals surface area contributed by atoms with E-state index >= 15 is 0 Å². The van der Waals surface area contributed by atoms with Gasteiger partial charge in [0.1, 0.15) is 11.9 Å². The Labute approximate surface area is 206 Å². The highest BCUT2D eigenvalue weighted by Gasteiger charge is 2.55. The smallest absolute Gasteiger partial charge is 0.248 e. The van der Waals surface area contributed by atoms with Gasteiger partial charge in [-0.1, -0.05) is 24.3 Å². The molecule has 7 heteroatoms. The SMILES string of the molecule is NC(=O)c1ccc(C2CCN(C3=CC=CC(C(=O)NC4C5CC6CC4CC(O)(C6)C5)N3)CC2)cc1. The van der Waals surface area contributed by atoms with Gasteiger partial charge in [-0.05, 0) is 92.4 Å². The Hall–Kier alpha value is -2.80. The number of carbonyl (C=O) groups is 2. The number of benzene rings is 1. The molecule has 7 nitrogen and oxygen atoms in total. The summed E-state index contributed by atoms with van der Waals surface area (Å²) in [6.07, 6.45) is 12.9. The number of likely N-dealkylation sites (tertiary alicyclic amines) is 1. The molecule has 1 aromatic rings. The lowest BCUT2D eigenvalue weighted by molar-refractivity contribution is -0.147. The van der Waals surface area contributed by atoms with Gasteiger partial charge in [-0.25, -0.2) is 0 Å². The molecule has 2 amide bonds. The van der Waals surface area contributed by atoms with E-state index in [2.05, 4.69) is 21.6 Å². The number of amides is 2. The molecule has 6 aliphatic rings. The second-order valence-electron chi connectivity index (χ2n) is 11.5. The number of primary amides is 1. The highest BCUT2D eigenvalue weighted by atomic mass is 16.3. The quantitative estimate of drug-likeness (QED) is 0.522. The number of nitrogens with zero attached hydrogens (tertiary/aromatic N) is 1. The summed E-state index contributed by atoms with van der Waals surface area (Å²) < 4.78 is 0. The molecule has 7 rings (SSSR count). The lowest BCUT2D eigenvalue weighted by Gasteiger charge is -2.58. The Balaban J connectivity index is 1.03. The normalized spacial score (nSPS) is 36.0. The summed E-state index contributed by atoms with van der Waals surface area (Å²) in [7, 11) is 0. The van der Waals surface area contributed by atoms with Crippen LogP contribution in [0.15, 0.2) is 48.3 Å². The number of carbonyl (C=O) groups excluding carboxylic acids is 2. The van der Waals surface area contributed by atoms with E-state index in [-0.39, 0.29) is 18.0 Å². The average molecular weight is 477 g/mol. The number of hydrogen-bond acceptors (Lipinski definition) is 5. The monoisotopic (exact) mass is 476 g/mol. The van der Waals surface area contributed by atoms with E-state index in [4.69, 9.17) is 5.73 Å². The maximum absolute atomic E-state index is 13.2. The van der Waals surface area contributed by atoms with Gasteiger partial charge in [0.2, 0.25) is 11.8 Å². The molecule has 4 bridgehead atoms. The van der Waals surface area contributed by atoms with Crippen LogP contribution in [0.3, 0.4) is 0 Å². The van der Waals surface area contributed by atoms with Crippen molar-refractivity contribution in [1.29, 1.82) is 0 Å². The van der Waals surface area contributed by atoms with Crippen molar-refractivity contribution in [1.82, 2.24) is 15.5 Å². The highest BCUT2D eigenvalue weighted by molar-refractivity contribution is 5.92. The summed E-state index contributed by atoms with van der Waals surface area (Å²) in [5, 5.41) is 17.7. The van der Waals surface area contributed by atoms with E-state index in [0.717, 1.165) is 63.9 Å². The molecule has 4 saturated carbocycles. The van der Waals surface area contributed by atoms with E-state index in [9.17, 15) is 14.7 Å². The topological polar surface area (TPSA) is 108 Å². The molecule has 35 heavy (non-hydrogen) atoms. The molecule has 1 aromatic carbocycles. The molecule has 186 valence electrons. The summed E-state index contributed by atoms with van der Waals surface area (Å²) >= 11 is 0. The third-order valence-corrected chi connectivity index (χ3v) is 9.20. The zero-order valence-electron chi connectivity index (χ0n) is 20.2. The summed E-state index contributed by atoms with van der Waals surface area (Å²) in [5.74, 6) is 2.57. The molecular weight excluding hydrogens is 440 g/mol. The number of rotatable bonds is 5. The van der Waals surface area contributed by atoms with Gasteiger partial charge in [-0.3, -0.25) is 9.59 Å². The van der Waals surface area contributed by atoms with E-state index in [0.29, 0.717) is 29.2 Å². The first-order valence-corrected chi connectivity index (χ1v) is 13.2. The Morgan fingerprint density at radius 3 is 2.37 bits per heavy atom. The van der Waals surface area contributed by atoms with Crippen LogP contribution in [0.5, 0.6) is 0 Å². The fourth-order valence-corrected chi connectivity index (χ4v) is 7.71. The first-order valence-electron chi connectivity index (χ1n) is 13.2. The third-order valence-electron chi connectivity index (χ3n) is 9.20. The minimum Gasteiger partial charge on any atom is -0.390 e. The van der Waals surface area contributed by atoms with Crippen molar-refractivity contribution < 1.29 is 14.7 Å². The van der Waals surface area contributed by atoms with Crippen molar-refractivity contribution >= 4 is 11.8 Å². The van der Waals surface area contributed by atoms with Crippen LogP contribution >= 0.6 is 0 Å². The summed E-state index contributed by atoms with van der Waals surface area (Å²) in [6, 6.07) is 7.49. The molecule has 1 saturated heterocycles. The van der Waals surface area contributed by atoms with E-state index in [1.165, 1.54) is 5.56 Å². The molecule has 5 N–H and O–H groups in total. The van der Waals surface area contributed by atoms with E-state index in [1.807, 2.05) is 36.4 Å². The second kappa shape index (κ2) is 8.70. The van der Waals surface area contributed by atoms with Crippen LogP contribution in [0.2, 0.25) is 0 Å². The Kier molecular flexibility index (Phi) is 5.63. The maximum atomic E-state index is 13.2. The van der Waals surface area contributed by atoms with Gasteiger partial charge in [0.05, 0.1) is 5.60 Å². The van der Waals surface area contributed by atoms with Crippen molar-refractivity contribution in [2.45, 2.75) is 68.5 Å². The fourth-order valence-electron chi connectivity index (χ4n) is 7.71. The minimum atomic E-state index is -0.480. The molecule has 3 atom stereocenters. The number of piperidine rings is 1. The number of aliphatic hydroxyl groups is 1. The van der Waals surface area contributed by atoms with Crippen LogP contribution in [-0.2, 0) is 4.79 Å². The van der Waals surface area contributed by atoms with Crippen LogP contribution in [0.25, 0.3) is 0 Å². The zero-order chi connectivity index (χ0) is 24.2. The van der Waals surface area contributed by atoms with Crippen LogP contribution in [-0.4, -0.2) is 52.6 Å². The zero-order valence-corrected chi connectivity index (χ0v) is 20.2. The van der Waals surface area contributed by atoms with E-state index < -0.39 is 11.5 Å². The van der Waals surface area contributed by atoms with Gasteiger partial charge in [-0.2, -0.15) is 0 Å². The molecule has 5 fully saturated rings. The average Bonchev–Trinajstić information content (AvgIpc) is 2.85. The molecule has 2 heterocycles. The molecule has 2 aliphatic heterocycles. The van der Waals surface area contributed by atoms with Gasteiger partial charge in [0.25, 0.3) is 0 Å². The number of allylic oxidation sites excluding steroid dienone is 2. The van der Waals surface area contributed by atoms with Crippen LogP contribution in [0.4, 0.5) is 0 Å². The first kappa shape index (κ1) is 22.7. The van der Waals surface area contributed by atoms with E-state index in [1.54, 1.807) is 0 Å². The van der Waals surface area contributed by atoms with Crippen molar-refractivity contribution in [2.24, 2.45) is 23.5 Å². The van der Waals surface area contributed by atoms with Crippen molar-refractivity contribution in [3.63, 3.8) is 0 Å². The number of nitrogens with one attached hydrogen (secondary N) is 2. The van der Waals surface area contributed by atoms with Gasteiger partial charge >= 0.3 is 0 Å². The third kappa shape index (κ3) is 4.35. The second-order valence-corrected chi connectivity index (χ2v) is 11.5. The van der Waals surface area contributed by atoms with Crippen LogP contribution < -0.4 is 16.4 Å². The van der Waals surface area contributed by atoms with Crippen LogP contribution in [0.1, 0.15) is 66.8 Å². The molecule has 0 spiro atoms. The number of dihydropyridines is 1. The lowest BCUT2D eigenvalue weighted by Crippen LogP contribution is -2.63. The van der Waals surface area contributed by atoms with Crippen molar-refractivity contribution in [3.05, 3.63) is 59.4 Å². The largest absolute Gasteiger partial charge is 0.390 e. The highest BCUT2D eigenvalue weighted by Crippen LogP contribution is 2.55. The van der Waals surface area contributed by atoms with Gasteiger partial charge in [0, 0.05) is 24.7 Å². The summed E-state index contributed by atoms with van der Waals surface area (Å²) in [4.78, 5) is 26.9. The Bertz CT molecular complexity index is 1040. The lowest BCUT2D eigenvalue weighted by atomic mass is 9.52. The molecule has 0 aromatic heterocycles. The molecule has 4 aliphatic carbocycles. The summed E-state index contributed by atoms with van der Waals surface area (Å²) in [5.41, 5.74) is 6.67. The van der Waals surface area contributed by atoms with Crippen molar-refractivity contribution in [3.8, 4) is 0 Å². The minimum absolute atomic E-state index is 0.0424. The fraction of sp³-hybridized carbons (Fsp3) is 0.571. The van der Waals surface area contributed by atoms with Gasteiger partial charge < -0.3 is 26.4 Å².